The van der Waals surface area contributed by atoms with Gasteiger partial charge < -0.3 is 10.6 Å². The number of amides is 2. The minimum Gasteiger partial charge on any atom is -0.354 e. The van der Waals surface area contributed by atoms with Gasteiger partial charge in [0.15, 0.2) is 11.4 Å². The van der Waals surface area contributed by atoms with Crippen LogP contribution in [0.4, 0.5) is 5.69 Å². The molecule has 9 heteroatoms. The molecule has 0 bridgehead atoms. The molecule has 2 aromatic heterocycles. The molecule has 0 radical (unpaired) electrons. The third kappa shape index (κ3) is 3.05. The molecule has 2 N–H and O–H groups in total. The Labute approximate surface area is 126 Å². The first-order valence-electron chi connectivity index (χ1n) is 6.26. The SMILES string of the molecule is CCn1cc(Cl)c(C(=O)Nc2cn(C)nc2C(=O)NC)n1. The molecule has 2 amide bonds. The van der Waals surface area contributed by atoms with Gasteiger partial charge in [-0.1, -0.05) is 11.6 Å². The van der Waals surface area contributed by atoms with E-state index in [9.17, 15) is 9.59 Å². The summed E-state index contributed by atoms with van der Waals surface area (Å²) in [6.45, 7) is 2.49. The number of carbonyl (C=O) groups excluding carboxylic acids is 2. The van der Waals surface area contributed by atoms with E-state index in [1.54, 1.807) is 17.9 Å². The summed E-state index contributed by atoms with van der Waals surface area (Å²) in [4.78, 5) is 23.9. The number of halogens is 1. The minimum atomic E-state index is -0.495. The van der Waals surface area contributed by atoms with E-state index in [0.29, 0.717) is 12.2 Å². The average Bonchev–Trinajstić information content (AvgIpc) is 3.00. The zero-order valence-corrected chi connectivity index (χ0v) is 12.6. The molecule has 0 aromatic carbocycles. The van der Waals surface area contributed by atoms with Crippen molar-refractivity contribution in [3.63, 3.8) is 0 Å². The smallest absolute Gasteiger partial charge is 0.277 e. The molecule has 0 unspecified atom stereocenters. The predicted octanol–water partition coefficient (Wildman–Crippen LogP) is 0.902. The predicted molar refractivity (Wildman–Crippen MR) is 77.5 cm³/mol. The molecule has 0 saturated heterocycles. The van der Waals surface area contributed by atoms with Crippen LogP contribution in [0.25, 0.3) is 0 Å². The molecule has 112 valence electrons. The number of aromatic nitrogens is 4. The van der Waals surface area contributed by atoms with Crippen molar-refractivity contribution in [2.75, 3.05) is 12.4 Å². The van der Waals surface area contributed by atoms with Crippen LogP contribution in [0.3, 0.4) is 0 Å². The molecule has 0 aliphatic heterocycles. The standard InChI is InChI=1S/C12H15ClN6O2/c1-4-19-5-7(13)9(17-19)12(21)15-8-6-18(3)16-10(8)11(20)14-2/h5-6H,4H2,1-3H3,(H,14,20)(H,15,21). The van der Waals surface area contributed by atoms with Gasteiger partial charge in [-0.15, -0.1) is 0 Å². The fourth-order valence-electron chi connectivity index (χ4n) is 1.76. The number of nitrogens with one attached hydrogen (secondary N) is 2. The third-order valence-corrected chi connectivity index (χ3v) is 3.05. The molecule has 8 nitrogen and oxygen atoms in total. The normalized spacial score (nSPS) is 10.5. The van der Waals surface area contributed by atoms with E-state index in [0.717, 1.165) is 0 Å². The molecule has 0 atom stereocenters. The largest absolute Gasteiger partial charge is 0.354 e. The van der Waals surface area contributed by atoms with Gasteiger partial charge in [0, 0.05) is 33.0 Å². The van der Waals surface area contributed by atoms with Crippen LogP contribution in [-0.2, 0) is 13.6 Å². The van der Waals surface area contributed by atoms with Gasteiger partial charge in [0.1, 0.15) is 0 Å². The third-order valence-electron chi connectivity index (χ3n) is 2.78. The summed E-state index contributed by atoms with van der Waals surface area (Å²) in [7, 11) is 3.14. The summed E-state index contributed by atoms with van der Waals surface area (Å²) in [5, 5.41) is 13.4. The van der Waals surface area contributed by atoms with Gasteiger partial charge in [-0.2, -0.15) is 10.2 Å². The average molecular weight is 311 g/mol. The van der Waals surface area contributed by atoms with Crippen LogP contribution < -0.4 is 10.6 Å². The van der Waals surface area contributed by atoms with Crippen molar-refractivity contribution in [1.82, 2.24) is 24.9 Å². The lowest BCUT2D eigenvalue weighted by atomic mass is 10.3. The fourth-order valence-corrected chi connectivity index (χ4v) is 2.00. The van der Waals surface area contributed by atoms with E-state index in [2.05, 4.69) is 20.8 Å². The number of carbonyl (C=O) groups is 2. The van der Waals surface area contributed by atoms with Gasteiger partial charge in [-0.25, -0.2) is 0 Å². The quantitative estimate of drug-likeness (QED) is 0.877. The van der Waals surface area contributed by atoms with Crippen molar-refractivity contribution in [2.45, 2.75) is 13.5 Å². The fraction of sp³-hybridized carbons (Fsp3) is 0.333. The van der Waals surface area contributed by atoms with Crippen molar-refractivity contribution in [1.29, 1.82) is 0 Å². The number of hydrogen-bond donors (Lipinski definition) is 2. The van der Waals surface area contributed by atoms with Gasteiger partial charge in [0.2, 0.25) is 0 Å². The number of anilines is 1. The Hall–Kier alpha value is -2.35. The van der Waals surface area contributed by atoms with Crippen LogP contribution in [0.2, 0.25) is 5.02 Å². The number of nitrogens with zero attached hydrogens (tertiary/aromatic N) is 4. The Kier molecular flexibility index (Phi) is 4.27. The molecule has 0 saturated carbocycles. The highest BCUT2D eigenvalue weighted by Crippen LogP contribution is 2.18. The molecule has 0 aliphatic rings. The molecule has 0 fully saturated rings. The van der Waals surface area contributed by atoms with Crippen LogP contribution in [0.15, 0.2) is 12.4 Å². The van der Waals surface area contributed by atoms with E-state index in [1.165, 1.54) is 17.9 Å². The number of rotatable bonds is 4. The van der Waals surface area contributed by atoms with Crippen molar-refractivity contribution >= 4 is 29.1 Å². The molecule has 21 heavy (non-hydrogen) atoms. The highest BCUT2D eigenvalue weighted by atomic mass is 35.5. The van der Waals surface area contributed by atoms with Crippen LogP contribution in [0.1, 0.15) is 27.9 Å². The Morgan fingerprint density at radius 1 is 1.24 bits per heavy atom. The summed E-state index contributed by atoms with van der Waals surface area (Å²) in [6.07, 6.45) is 3.10. The van der Waals surface area contributed by atoms with Gasteiger partial charge in [0.25, 0.3) is 11.8 Å². The molecule has 2 aromatic rings. The van der Waals surface area contributed by atoms with Gasteiger partial charge >= 0.3 is 0 Å². The Morgan fingerprint density at radius 3 is 2.52 bits per heavy atom. The van der Waals surface area contributed by atoms with E-state index in [-0.39, 0.29) is 16.4 Å². The molecule has 2 rings (SSSR count). The zero-order valence-electron chi connectivity index (χ0n) is 11.8. The molecule has 0 spiro atoms. The van der Waals surface area contributed by atoms with E-state index >= 15 is 0 Å². The number of hydrogen-bond acceptors (Lipinski definition) is 4. The first-order valence-corrected chi connectivity index (χ1v) is 6.64. The van der Waals surface area contributed by atoms with E-state index in [1.807, 2.05) is 6.92 Å². The van der Waals surface area contributed by atoms with Gasteiger partial charge in [0.05, 0.1) is 10.7 Å². The maximum absolute atomic E-state index is 12.2. The monoisotopic (exact) mass is 310 g/mol. The summed E-state index contributed by atoms with van der Waals surface area (Å²) >= 11 is 5.98. The van der Waals surface area contributed by atoms with E-state index in [4.69, 9.17) is 11.6 Å². The molecule has 0 aliphatic carbocycles. The lowest BCUT2D eigenvalue weighted by Crippen LogP contribution is -2.21. The lowest BCUT2D eigenvalue weighted by Gasteiger charge is -2.03. The lowest BCUT2D eigenvalue weighted by molar-refractivity contribution is 0.0958. The van der Waals surface area contributed by atoms with Crippen molar-refractivity contribution in [3.05, 3.63) is 28.8 Å². The Bertz CT molecular complexity index is 690. The minimum absolute atomic E-state index is 0.102. The zero-order chi connectivity index (χ0) is 15.6. The maximum Gasteiger partial charge on any atom is 0.277 e. The topological polar surface area (TPSA) is 93.8 Å². The molecular weight excluding hydrogens is 296 g/mol. The second-order valence-corrected chi connectivity index (χ2v) is 4.69. The second-order valence-electron chi connectivity index (χ2n) is 4.28. The summed E-state index contributed by atoms with van der Waals surface area (Å²) < 4.78 is 2.99. The van der Waals surface area contributed by atoms with E-state index < -0.39 is 11.8 Å². The van der Waals surface area contributed by atoms with Crippen LogP contribution in [0.5, 0.6) is 0 Å². The summed E-state index contributed by atoms with van der Waals surface area (Å²) in [6, 6.07) is 0. The highest BCUT2D eigenvalue weighted by Gasteiger charge is 2.20. The van der Waals surface area contributed by atoms with Crippen LogP contribution in [-0.4, -0.2) is 38.4 Å². The van der Waals surface area contributed by atoms with Crippen LogP contribution in [0, 0.1) is 0 Å². The van der Waals surface area contributed by atoms with Gasteiger partial charge in [-0.3, -0.25) is 19.0 Å². The Balaban J connectivity index is 2.27. The molecule has 2 heterocycles. The molecular formula is C12H15ClN6O2. The summed E-state index contributed by atoms with van der Waals surface area (Å²) in [5.74, 6) is -0.888. The first-order chi connectivity index (χ1) is 9.96. The van der Waals surface area contributed by atoms with Crippen molar-refractivity contribution < 1.29 is 9.59 Å². The van der Waals surface area contributed by atoms with Crippen LogP contribution >= 0.6 is 11.6 Å². The van der Waals surface area contributed by atoms with Crippen molar-refractivity contribution in [3.8, 4) is 0 Å². The highest BCUT2D eigenvalue weighted by molar-refractivity contribution is 6.34. The second kappa shape index (κ2) is 5.96. The summed E-state index contributed by atoms with van der Waals surface area (Å²) in [5.41, 5.74) is 0.522. The number of aryl methyl sites for hydroxylation is 2. The first kappa shape index (κ1) is 15.0. The van der Waals surface area contributed by atoms with Gasteiger partial charge in [-0.05, 0) is 6.92 Å². The van der Waals surface area contributed by atoms with Crippen molar-refractivity contribution in [2.24, 2.45) is 7.05 Å². The Morgan fingerprint density at radius 2 is 1.95 bits per heavy atom. The maximum atomic E-state index is 12.2.